The summed E-state index contributed by atoms with van der Waals surface area (Å²) in [5, 5.41) is 33.4. The summed E-state index contributed by atoms with van der Waals surface area (Å²) in [4.78, 5) is 0. The van der Waals surface area contributed by atoms with Gasteiger partial charge in [0.15, 0.2) is 17.3 Å². The maximum atomic E-state index is 9.84. The van der Waals surface area contributed by atoms with Crippen LogP contribution in [0.2, 0.25) is 0 Å². The number of aromatic hydroxyl groups is 2. The number of phenols is 2. The third-order valence-electron chi connectivity index (χ3n) is 4.57. The van der Waals surface area contributed by atoms with Crippen molar-refractivity contribution in [3.63, 3.8) is 0 Å². The van der Waals surface area contributed by atoms with Crippen molar-refractivity contribution in [3.05, 3.63) is 76.3 Å². The zero-order chi connectivity index (χ0) is 20.4. The van der Waals surface area contributed by atoms with Crippen LogP contribution in [-0.4, -0.2) is 38.4 Å². The number of benzene rings is 3. The molecule has 4 rings (SSSR count). The fourth-order valence-electron chi connectivity index (χ4n) is 3.14. The number of hydrogen-bond acceptors (Lipinski definition) is 6. The van der Waals surface area contributed by atoms with Crippen molar-refractivity contribution in [2.75, 3.05) is 7.11 Å². The lowest BCUT2D eigenvalue weighted by atomic mass is 10.0. The molecular weight excluding hydrogens is 388 g/mol. The lowest BCUT2D eigenvalue weighted by Crippen LogP contribution is -2.01. The Morgan fingerprint density at radius 2 is 1.97 bits per heavy atom. The molecule has 0 amide bonds. The number of nitrogens with one attached hydrogen (secondary N) is 1. The summed E-state index contributed by atoms with van der Waals surface area (Å²) < 4.78 is 6.94. The number of nitrogens with zero attached hydrogens (tertiary/aromatic N) is 3. The molecule has 1 heterocycles. The fourth-order valence-corrected chi connectivity index (χ4v) is 3.34. The Kier molecular flexibility index (Phi) is 5.01. The minimum Gasteiger partial charge on any atom is -0.504 e. The van der Waals surface area contributed by atoms with Crippen molar-refractivity contribution < 1.29 is 14.9 Å². The normalized spacial score (nSPS) is 11.3. The number of fused-ring (bicyclic) bond motifs is 1. The van der Waals surface area contributed by atoms with E-state index in [0.717, 1.165) is 16.3 Å². The first-order chi connectivity index (χ1) is 14.1. The number of hydrogen-bond donors (Lipinski definition) is 3. The third kappa shape index (κ3) is 3.70. The van der Waals surface area contributed by atoms with Gasteiger partial charge in [0, 0.05) is 12.0 Å². The summed E-state index contributed by atoms with van der Waals surface area (Å²) in [7, 11) is 1.41. The van der Waals surface area contributed by atoms with Gasteiger partial charge in [-0.25, -0.2) is 0 Å². The first kappa shape index (κ1) is 18.7. The van der Waals surface area contributed by atoms with Crippen LogP contribution in [-0.2, 0) is 6.42 Å². The molecule has 3 aromatic carbocycles. The van der Waals surface area contributed by atoms with E-state index in [9.17, 15) is 10.2 Å². The summed E-state index contributed by atoms with van der Waals surface area (Å²) in [5.74, 6) is 0.189. The molecule has 0 bridgehead atoms. The second-order valence-electron chi connectivity index (χ2n) is 6.41. The van der Waals surface area contributed by atoms with Crippen LogP contribution in [0.15, 0.2) is 59.7 Å². The van der Waals surface area contributed by atoms with E-state index in [1.165, 1.54) is 24.1 Å². The molecule has 0 saturated heterocycles. The highest BCUT2D eigenvalue weighted by molar-refractivity contribution is 7.71. The highest BCUT2D eigenvalue weighted by Crippen LogP contribution is 2.35. The predicted octanol–water partition coefficient (Wildman–Crippen LogP) is 3.99. The van der Waals surface area contributed by atoms with Crippen LogP contribution in [0, 0.1) is 4.77 Å². The van der Waals surface area contributed by atoms with Gasteiger partial charge in [-0.1, -0.05) is 42.5 Å². The second-order valence-corrected chi connectivity index (χ2v) is 6.79. The van der Waals surface area contributed by atoms with E-state index in [2.05, 4.69) is 39.6 Å². The lowest BCUT2D eigenvalue weighted by Gasteiger charge is -2.07. The molecular formula is C21H18N4O3S. The highest BCUT2D eigenvalue weighted by Gasteiger charge is 2.11. The van der Waals surface area contributed by atoms with E-state index < -0.39 is 0 Å². The number of aromatic amines is 1. The standard InChI is InChI=1S/C21H18N4O3S/c1-28-18-10-13(9-17(26)20(18)27)12-22-25-19(23-24-21(25)29)11-15-7-4-6-14-5-2-3-8-16(14)15/h2-10,12,26-27H,11H2,1H3,(H,24,29)/b22-12+. The zero-order valence-electron chi connectivity index (χ0n) is 15.5. The van der Waals surface area contributed by atoms with E-state index in [0.29, 0.717) is 22.6 Å². The van der Waals surface area contributed by atoms with Crippen LogP contribution < -0.4 is 4.74 Å². The third-order valence-corrected chi connectivity index (χ3v) is 4.83. The Bertz CT molecular complexity index is 1270. The monoisotopic (exact) mass is 406 g/mol. The van der Waals surface area contributed by atoms with Gasteiger partial charge in [-0.3, -0.25) is 5.10 Å². The first-order valence-corrected chi connectivity index (χ1v) is 9.25. The summed E-state index contributed by atoms with van der Waals surface area (Å²) in [5.41, 5.74) is 1.65. The molecule has 0 aliphatic heterocycles. The summed E-state index contributed by atoms with van der Waals surface area (Å²) in [6, 6.07) is 17.2. The molecule has 0 atom stereocenters. The number of H-pyrrole nitrogens is 1. The molecule has 29 heavy (non-hydrogen) atoms. The molecule has 7 nitrogen and oxygen atoms in total. The van der Waals surface area contributed by atoms with Gasteiger partial charge >= 0.3 is 0 Å². The van der Waals surface area contributed by atoms with Crippen LogP contribution in [0.25, 0.3) is 10.8 Å². The summed E-state index contributed by atoms with van der Waals surface area (Å²) in [6.07, 6.45) is 2.05. The van der Waals surface area contributed by atoms with E-state index in [-0.39, 0.29) is 17.2 Å². The van der Waals surface area contributed by atoms with Gasteiger partial charge in [-0.2, -0.15) is 14.9 Å². The number of ether oxygens (including phenoxy) is 1. The summed E-state index contributed by atoms with van der Waals surface area (Å²) in [6.45, 7) is 0. The van der Waals surface area contributed by atoms with E-state index >= 15 is 0 Å². The van der Waals surface area contributed by atoms with E-state index in [1.807, 2.05) is 18.2 Å². The van der Waals surface area contributed by atoms with Gasteiger partial charge in [0.1, 0.15) is 0 Å². The molecule has 0 aliphatic carbocycles. The fraction of sp³-hybridized carbons (Fsp3) is 0.0952. The smallest absolute Gasteiger partial charge is 0.216 e. The molecule has 0 unspecified atom stereocenters. The SMILES string of the molecule is COc1cc(/C=N/n2c(Cc3cccc4ccccc34)n[nH]c2=S)cc(O)c1O. The second kappa shape index (κ2) is 7.76. The minimum absolute atomic E-state index is 0.151. The van der Waals surface area contributed by atoms with Crippen LogP contribution in [0.5, 0.6) is 17.2 Å². The first-order valence-electron chi connectivity index (χ1n) is 8.84. The van der Waals surface area contributed by atoms with Crippen molar-refractivity contribution in [1.82, 2.24) is 14.9 Å². The van der Waals surface area contributed by atoms with Crippen molar-refractivity contribution in [1.29, 1.82) is 0 Å². The number of methoxy groups -OCH3 is 1. The van der Waals surface area contributed by atoms with Gasteiger partial charge in [0.2, 0.25) is 10.5 Å². The number of phenolic OH excluding ortho intramolecular Hbond substituents is 2. The minimum atomic E-state index is -0.318. The molecule has 0 radical (unpaired) electrons. The van der Waals surface area contributed by atoms with Gasteiger partial charge in [-0.05, 0) is 40.7 Å². The Labute approximate surface area is 171 Å². The average Bonchev–Trinajstić information content (AvgIpc) is 3.08. The highest BCUT2D eigenvalue weighted by atomic mass is 32.1. The number of rotatable bonds is 5. The number of aromatic nitrogens is 3. The van der Waals surface area contributed by atoms with Crippen molar-refractivity contribution >= 4 is 29.2 Å². The van der Waals surface area contributed by atoms with Crippen LogP contribution in [0.4, 0.5) is 0 Å². The van der Waals surface area contributed by atoms with Crippen molar-refractivity contribution in [2.24, 2.45) is 5.10 Å². The van der Waals surface area contributed by atoms with Crippen molar-refractivity contribution in [2.45, 2.75) is 6.42 Å². The van der Waals surface area contributed by atoms with Gasteiger partial charge in [-0.15, -0.1) is 0 Å². The molecule has 0 spiro atoms. The molecule has 0 fully saturated rings. The molecule has 0 aliphatic rings. The lowest BCUT2D eigenvalue weighted by molar-refractivity contribution is 0.351. The molecule has 146 valence electrons. The van der Waals surface area contributed by atoms with Gasteiger partial charge < -0.3 is 14.9 Å². The Hall–Kier alpha value is -3.65. The molecule has 8 heteroatoms. The Balaban J connectivity index is 1.69. The van der Waals surface area contributed by atoms with E-state index in [4.69, 9.17) is 17.0 Å². The Morgan fingerprint density at radius 3 is 2.79 bits per heavy atom. The maximum Gasteiger partial charge on any atom is 0.216 e. The summed E-state index contributed by atoms with van der Waals surface area (Å²) >= 11 is 5.31. The molecule has 4 aromatic rings. The van der Waals surface area contributed by atoms with Gasteiger partial charge in [0.05, 0.1) is 13.3 Å². The zero-order valence-corrected chi connectivity index (χ0v) is 16.3. The quantitative estimate of drug-likeness (QED) is 0.265. The Morgan fingerprint density at radius 1 is 1.17 bits per heavy atom. The van der Waals surface area contributed by atoms with E-state index in [1.54, 1.807) is 6.07 Å². The van der Waals surface area contributed by atoms with Gasteiger partial charge in [0.25, 0.3) is 0 Å². The molecule has 1 aromatic heterocycles. The molecule has 0 saturated carbocycles. The predicted molar refractivity (Wildman–Crippen MR) is 113 cm³/mol. The van der Waals surface area contributed by atoms with Crippen LogP contribution in [0.3, 0.4) is 0 Å². The maximum absolute atomic E-state index is 9.84. The van der Waals surface area contributed by atoms with Crippen LogP contribution in [0.1, 0.15) is 17.0 Å². The largest absolute Gasteiger partial charge is 0.504 e. The van der Waals surface area contributed by atoms with Crippen molar-refractivity contribution in [3.8, 4) is 17.2 Å². The molecule has 3 N–H and O–H groups in total. The topological polar surface area (TPSA) is 95.7 Å². The van der Waals surface area contributed by atoms with Crippen LogP contribution >= 0.6 is 12.2 Å². The average molecular weight is 406 g/mol.